The Balaban J connectivity index is 1.34. The van der Waals surface area contributed by atoms with E-state index in [1.54, 1.807) is 0 Å². The molecule has 31 heteroatoms. The molecule has 0 radical (unpaired) electrons. The van der Waals surface area contributed by atoms with Crippen molar-refractivity contribution in [2.75, 3.05) is 0 Å². The fraction of sp³-hybridized carbons (Fsp3) is 0. The van der Waals surface area contributed by atoms with E-state index in [2.05, 4.69) is 235 Å². The summed E-state index contributed by atoms with van der Waals surface area (Å²) >= 11 is 0. The van der Waals surface area contributed by atoms with Crippen molar-refractivity contribution in [3.8, 4) is 33.4 Å². The lowest BCUT2D eigenvalue weighted by atomic mass is 9.55. The van der Waals surface area contributed by atoms with Crippen LogP contribution in [0.1, 0.15) is 0 Å². The summed E-state index contributed by atoms with van der Waals surface area (Å²) in [6, 6.07) is 0. The lowest BCUT2D eigenvalue weighted by molar-refractivity contribution is 0.675. The Morgan fingerprint density at radius 2 is 0.296 bits per heavy atom. The molecule has 0 spiro atoms. The second-order valence-electron chi connectivity index (χ2n) is 26.3. The van der Waals surface area contributed by atoms with E-state index >= 15 is 0 Å². The largest absolute Gasteiger partial charge is 0.457 e. The van der Waals surface area contributed by atoms with E-state index < -0.39 is 0 Å². The van der Waals surface area contributed by atoms with Gasteiger partial charge in [-0.15, -0.1) is 43.7 Å². The third-order valence-electron chi connectivity index (χ3n) is 23.4. The van der Waals surface area contributed by atoms with E-state index in [0.717, 1.165) is 11.2 Å². The maximum Gasteiger partial charge on any atom is 0.145 e. The van der Waals surface area contributed by atoms with Crippen molar-refractivity contribution in [3.63, 3.8) is 0 Å². The van der Waals surface area contributed by atoms with Gasteiger partial charge in [-0.3, -0.25) is 0 Å². The molecule has 0 unspecified atom stereocenters. The van der Waals surface area contributed by atoms with Crippen LogP contribution in [0, 0.1) is 0 Å². The fourth-order valence-electron chi connectivity index (χ4n) is 16.8. The lowest BCUT2D eigenvalue weighted by Crippen LogP contribution is -2.52. The first kappa shape index (κ1) is 58.0. The van der Waals surface area contributed by atoms with Gasteiger partial charge in [-0.25, -0.2) is 0 Å². The van der Waals surface area contributed by atoms with Crippen LogP contribution >= 0.6 is 0 Å². The average molecular weight is 1000 g/mol. The van der Waals surface area contributed by atoms with Crippen LogP contribution in [-0.2, 0) is 0 Å². The molecule has 10 aromatic carbocycles. The minimum absolute atomic E-state index is 1.03. The summed E-state index contributed by atoms with van der Waals surface area (Å²) < 4.78 is 7.31. The first-order valence-corrected chi connectivity index (χ1v) is 30.2. The molecule has 0 aliphatic rings. The van der Waals surface area contributed by atoms with Crippen LogP contribution in [0.25, 0.3) is 109 Å². The van der Waals surface area contributed by atoms with Gasteiger partial charge in [0, 0.05) is 10.8 Å². The molecule has 0 fully saturated rings. The SMILES string of the molecule is Bc1c(B)c(-c2c3c(B)c(B)c(B)c(B)c3c(-c3c(B)c(B)c4oc5c(B)c6c(B)c(B)c(B)c(B)c6c(B)c5c4c3B)c3c(B)c(B)c(B)c(B)c23)c(B)c(B)c1-c1c(B)c(B)c2c(B)c(B)c3c(B)c(B)c(B)c(B)c3c2c1B. The molecule has 356 valence electrons. The molecule has 0 amide bonds. The zero-order valence-corrected chi connectivity index (χ0v) is 55.4. The van der Waals surface area contributed by atoms with E-state index in [9.17, 15) is 0 Å². The Labute approximate surface area is 509 Å². The summed E-state index contributed by atoms with van der Waals surface area (Å²) in [5.74, 6) is 0. The summed E-state index contributed by atoms with van der Waals surface area (Å²) in [6.07, 6.45) is 0. The van der Waals surface area contributed by atoms with Crippen molar-refractivity contribution < 1.29 is 4.42 Å². The van der Waals surface area contributed by atoms with Gasteiger partial charge in [-0.1, -0.05) is 115 Å². The van der Waals surface area contributed by atoms with E-state index in [1.807, 2.05) is 0 Å². The summed E-state index contributed by atoms with van der Waals surface area (Å²) in [4.78, 5) is 0. The van der Waals surface area contributed by atoms with Crippen molar-refractivity contribution >= 4 is 475 Å². The topological polar surface area (TPSA) is 13.1 Å². The number of benzene rings is 10. The summed E-state index contributed by atoms with van der Waals surface area (Å²) in [5, 5.41) is 16.6. The molecule has 81 heavy (non-hydrogen) atoms. The van der Waals surface area contributed by atoms with Gasteiger partial charge in [0.25, 0.3) is 0 Å². The molecule has 0 bridgehead atoms. The second kappa shape index (κ2) is 19.4. The molecule has 0 N–H and O–H groups in total. The molecule has 11 aromatic rings. The number of furan rings is 1. The van der Waals surface area contributed by atoms with Gasteiger partial charge >= 0.3 is 0 Å². The van der Waals surface area contributed by atoms with Gasteiger partial charge in [0.1, 0.15) is 247 Å². The van der Waals surface area contributed by atoms with Crippen molar-refractivity contribution in [2.24, 2.45) is 0 Å². The number of rotatable bonds is 3. The quantitative estimate of drug-likeness (QED) is 0.0977. The minimum atomic E-state index is 1.03. The zero-order valence-electron chi connectivity index (χ0n) is 55.4. The standard InChI is InChI=1S/C50H60B30O/c51-19-7-8-12(35(67)45(77)44(76)26(8)58)31(63)29(61)11(7)30(62)32(64)13(19)15-33(65)27(59)10(28(60)34(15)66)2-5-3(22(54)40(72)42(74)24(5)56)1(4-6(2)25(57)43(75)41(73)23(4)55)9-20(52)18-17-21(53)14-16(37(69)47(79)46(78)36(14)68)39(71)49(17)81-50(18)48(80)38(9)70/h51-80H2. The molecule has 0 atom stereocenters. The highest BCUT2D eigenvalue weighted by Crippen LogP contribution is 2.40. The first-order chi connectivity index (χ1) is 37.8. The van der Waals surface area contributed by atoms with Gasteiger partial charge in [0.05, 0.1) is 0 Å². The van der Waals surface area contributed by atoms with Gasteiger partial charge in [-0.2, -0.15) is 0 Å². The molecule has 1 aromatic heterocycles. The minimum Gasteiger partial charge on any atom is -0.457 e. The zero-order chi connectivity index (χ0) is 59.6. The Hall–Kier alpha value is -4.75. The van der Waals surface area contributed by atoms with Crippen LogP contribution in [0.2, 0.25) is 0 Å². The van der Waals surface area contributed by atoms with E-state index in [0.29, 0.717) is 0 Å². The molecule has 11 rings (SSSR count). The molecular formula is C50H60B30O. The van der Waals surface area contributed by atoms with Crippen molar-refractivity contribution in [1.29, 1.82) is 0 Å². The van der Waals surface area contributed by atoms with Crippen LogP contribution in [0.4, 0.5) is 0 Å². The highest BCUT2D eigenvalue weighted by molar-refractivity contribution is 6.79. The highest BCUT2D eigenvalue weighted by atomic mass is 16.3. The Kier molecular flexibility index (Phi) is 13.9. The maximum atomic E-state index is 7.31. The third-order valence-corrected chi connectivity index (χ3v) is 23.4. The summed E-state index contributed by atoms with van der Waals surface area (Å²) in [5.41, 5.74) is 51.5. The molecule has 0 aliphatic heterocycles. The van der Waals surface area contributed by atoms with Gasteiger partial charge in [-0.05, 0) is 92.7 Å². The highest BCUT2D eigenvalue weighted by Gasteiger charge is 2.32. The molecule has 0 aliphatic carbocycles. The monoisotopic (exact) mass is 1010 g/mol. The Morgan fingerprint density at radius 1 is 0.111 bits per heavy atom. The van der Waals surface area contributed by atoms with Crippen molar-refractivity contribution in [1.82, 2.24) is 0 Å². The predicted molar refractivity (Wildman–Crippen MR) is 463 cm³/mol. The molecule has 0 saturated heterocycles. The number of hydrogen-bond acceptors (Lipinski definition) is 1. The Bertz CT molecular complexity index is 4820. The molecule has 1 heterocycles. The number of hydrogen-bond donors (Lipinski definition) is 0. The lowest BCUT2D eigenvalue weighted by Gasteiger charge is -2.32. The molecular weight excluding hydrogens is 941 g/mol. The smallest absolute Gasteiger partial charge is 0.145 e. The second-order valence-corrected chi connectivity index (χ2v) is 26.3. The van der Waals surface area contributed by atoms with Crippen LogP contribution in [-0.4, -0.2) is 235 Å². The van der Waals surface area contributed by atoms with E-state index in [4.69, 9.17) is 4.42 Å². The molecule has 1 nitrogen and oxygen atoms in total. The first-order valence-electron chi connectivity index (χ1n) is 30.2. The van der Waals surface area contributed by atoms with E-state index in [-0.39, 0.29) is 0 Å². The van der Waals surface area contributed by atoms with Crippen LogP contribution in [0.3, 0.4) is 0 Å². The fourth-order valence-corrected chi connectivity index (χ4v) is 16.8. The van der Waals surface area contributed by atoms with Gasteiger partial charge in [0.2, 0.25) is 0 Å². The maximum absolute atomic E-state index is 7.31. The number of fused-ring (bicyclic) bond motifs is 9. The predicted octanol–water partition coefficient (Wildman–Crippen LogP) is -37.9. The summed E-state index contributed by atoms with van der Waals surface area (Å²) in [7, 11) is 71.4. The molecule has 0 saturated carbocycles. The van der Waals surface area contributed by atoms with Gasteiger partial charge < -0.3 is 4.42 Å². The van der Waals surface area contributed by atoms with Crippen molar-refractivity contribution in [3.05, 3.63) is 0 Å². The summed E-state index contributed by atoms with van der Waals surface area (Å²) in [6.45, 7) is 0. The normalized spacial score (nSPS) is 12.0. The van der Waals surface area contributed by atoms with Crippen LogP contribution < -0.4 is 164 Å². The van der Waals surface area contributed by atoms with Crippen LogP contribution in [0.5, 0.6) is 0 Å². The van der Waals surface area contributed by atoms with Gasteiger partial charge in [0.15, 0.2) is 0 Å². The Morgan fingerprint density at radius 3 is 0.667 bits per heavy atom. The third kappa shape index (κ3) is 7.30. The van der Waals surface area contributed by atoms with Crippen molar-refractivity contribution in [2.45, 2.75) is 0 Å². The average Bonchev–Trinajstić information content (AvgIpc) is 3.34. The van der Waals surface area contributed by atoms with E-state index in [1.165, 1.54) is 262 Å². The van der Waals surface area contributed by atoms with Crippen LogP contribution in [0.15, 0.2) is 4.42 Å².